The molecule has 0 atom stereocenters. The van der Waals surface area contributed by atoms with Crippen LogP contribution in [0.15, 0.2) is 24.5 Å². The minimum atomic E-state index is -1.93. The van der Waals surface area contributed by atoms with E-state index in [-0.39, 0.29) is 18.8 Å². The van der Waals surface area contributed by atoms with Gasteiger partial charge < -0.3 is 14.2 Å². The molecule has 104 valence electrons. The van der Waals surface area contributed by atoms with E-state index in [2.05, 4.69) is 4.98 Å². The van der Waals surface area contributed by atoms with Crippen LogP contribution in [0.25, 0.3) is 0 Å². The first-order valence-electron chi connectivity index (χ1n) is 5.93. The maximum atomic E-state index is 12.1. The Balaban J connectivity index is 3.29. The highest BCUT2D eigenvalue weighted by atomic mass is 16.6. The molecule has 0 unspecified atom stereocenters. The monoisotopic (exact) mass is 267 g/mol. The lowest BCUT2D eigenvalue weighted by Crippen LogP contribution is -2.48. The number of carbonyl (C=O) groups is 2. The van der Waals surface area contributed by atoms with Gasteiger partial charge in [-0.25, -0.2) is 9.59 Å². The fraction of sp³-hybridized carbons (Fsp3) is 0.462. The first-order chi connectivity index (χ1) is 9.13. The second-order valence-electron chi connectivity index (χ2n) is 3.57. The van der Waals surface area contributed by atoms with E-state index in [1.807, 2.05) is 0 Å². The van der Waals surface area contributed by atoms with Crippen molar-refractivity contribution in [1.82, 2.24) is 4.98 Å². The molecule has 1 heterocycles. The van der Waals surface area contributed by atoms with Gasteiger partial charge in [-0.2, -0.15) is 0 Å². The van der Waals surface area contributed by atoms with Crippen molar-refractivity contribution in [2.75, 3.05) is 20.3 Å². The summed E-state index contributed by atoms with van der Waals surface area (Å²) in [5.41, 5.74) is -1.66. The number of methoxy groups -OCH3 is 1. The zero-order valence-electron chi connectivity index (χ0n) is 11.2. The normalized spacial score (nSPS) is 10.9. The van der Waals surface area contributed by atoms with Gasteiger partial charge in [0, 0.05) is 25.1 Å². The molecule has 0 bridgehead atoms. The van der Waals surface area contributed by atoms with Crippen LogP contribution in [0.5, 0.6) is 0 Å². The van der Waals surface area contributed by atoms with Crippen molar-refractivity contribution in [1.29, 1.82) is 0 Å². The van der Waals surface area contributed by atoms with E-state index in [0.29, 0.717) is 0 Å². The molecule has 1 aromatic rings. The number of rotatable bonds is 6. The van der Waals surface area contributed by atoms with Crippen LogP contribution in [0.4, 0.5) is 0 Å². The molecule has 0 N–H and O–H groups in total. The maximum absolute atomic E-state index is 12.1. The molecular weight excluding hydrogens is 250 g/mol. The van der Waals surface area contributed by atoms with Crippen LogP contribution in [-0.4, -0.2) is 37.2 Å². The molecule has 6 heteroatoms. The molecule has 19 heavy (non-hydrogen) atoms. The molecule has 0 fully saturated rings. The van der Waals surface area contributed by atoms with Crippen molar-refractivity contribution in [2.45, 2.75) is 19.4 Å². The van der Waals surface area contributed by atoms with Gasteiger partial charge in [0.1, 0.15) is 0 Å². The highest BCUT2D eigenvalue weighted by Crippen LogP contribution is 2.28. The standard InChI is InChI=1S/C13H17NO5/c1-4-18-11(15)13(17-3,12(16)19-5-2)10-7-6-8-14-9-10/h6-9H,4-5H2,1-3H3. The number of esters is 2. The van der Waals surface area contributed by atoms with Crippen LogP contribution >= 0.6 is 0 Å². The van der Waals surface area contributed by atoms with Gasteiger partial charge in [-0.05, 0) is 19.9 Å². The summed E-state index contributed by atoms with van der Waals surface area (Å²) < 4.78 is 15.0. The summed E-state index contributed by atoms with van der Waals surface area (Å²) in [5.74, 6) is -1.63. The predicted molar refractivity (Wildman–Crippen MR) is 66.2 cm³/mol. The second kappa shape index (κ2) is 6.84. The SMILES string of the molecule is CCOC(=O)C(OC)(C(=O)OCC)c1cccnc1. The molecule has 6 nitrogen and oxygen atoms in total. The predicted octanol–water partition coefficient (Wildman–Crippen LogP) is 1.05. The molecule has 0 spiro atoms. The molecule has 0 saturated heterocycles. The summed E-state index contributed by atoms with van der Waals surface area (Å²) in [6.07, 6.45) is 2.90. The quantitative estimate of drug-likeness (QED) is 0.566. The van der Waals surface area contributed by atoms with E-state index in [1.165, 1.54) is 19.5 Å². The summed E-state index contributed by atoms with van der Waals surface area (Å²) >= 11 is 0. The van der Waals surface area contributed by atoms with E-state index >= 15 is 0 Å². The van der Waals surface area contributed by atoms with Gasteiger partial charge in [0.05, 0.1) is 13.2 Å². The van der Waals surface area contributed by atoms with E-state index in [9.17, 15) is 9.59 Å². The largest absolute Gasteiger partial charge is 0.463 e. The number of pyridine rings is 1. The van der Waals surface area contributed by atoms with Crippen molar-refractivity contribution in [3.63, 3.8) is 0 Å². The molecule has 1 rings (SSSR count). The Morgan fingerprint density at radius 3 is 2.16 bits per heavy atom. The number of ether oxygens (including phenoxy) is 3. The first kappa shape index (κ1) is 15.1. The molecule has 1 aromatic heterocycles. The lowest BCUT2D eigenvalue weighted by Gasteiger charge is -2.27. The zero-order chi connectivity index (χ0) is 14.3. The highest BCUT2D eigenvalue weighted by Gasteiger charge is 2.51. The van der Waals surface area contributed by atoms with Gasteiger partial charge in [0.2, 0.25) is 0 Å². The van der Waals surface area contributed by atoms with Crippen LogP contribution < -0.4 is 0 Å². The number of nitrogens with zero attached hydrogens (tertiary/aromatic N) is 1. The lowest BCUT2D eigenvalue weighted by atomic mass is 9.95. The Bertz CT molecular complexity index is 414. The molecule has 0 aromatic carbocycles. The van der Waals surface area contributed by atoms with Gasteiger partial charge in [0.15, 0.2) is 0 Å². The summed E-state index contributed by atoms with van der Waals surface area (Å²) in [6, 6.07) is 3.16. The second-order valence-corrected chi connectivity index (χ2v) is 3.57. The van der Waals surface area contributed by atoms with Crippen LogP contribution in [0.1, 0.15) is 19.4 Å². The average molecular weight is 267 g/mol. The van der Waals surface area contributed by atoms with E-state index in [0.717, 1.165) is 0 Å². The van der Waals surface area contributed by atoms with E-state index in [4.69, 9.17) is 14.2 Å². The topological polar surface area (TPSA) is 74.7 Å². The van der Waals surface area contributed by atoms with Crippen molar-refractivity contribution in [3.05, 3.63) is 30.1 Å². The van der Waals surface area contributed by atoms with Gasteiger partial charge in [-0.1, -0.05) is 6.07 Å². The summed E-state index contributed by atoms with van der Waals surface area (Å²) in [4.78, 5) is 28.2. The van der Waals surface area contributed by atoms with Gasteiger partial charge >= 0.3 is 11.9 Å². The van der Waals surface area contributed by atoms with E-state index < -0.39 is 17.5 Å². The molecule has 0 saturated carbocycles. The maximum Gasteiger partial charge on any atom is 0.355 e. The Morgan fingerprint density at radius 2 is 1.79 bits per heavy atom. The number of hydrogen-bond donors (Lipinski definition) is 0. The molecule has 0 aliphatic carbocycles. The van der Waals surface area contributed by atoms with E-state index in [1.54, 1.807) is 26.0 Å². The number of aromatic nitrogens is 1. The molecule has 0 aliphatic heterocycles. The van der Waals surface area contributed by atoms with Gasteiger partial charge in [-0.15, -0.1) is 0 Å². The summed E-state index contributed by atoms with van der Waals surface area (Å²) in [6.45, 7) is 3.55. The smallest absolute Gasteiger partial charge is 0.355 e. The highest BCUT2D eigenvalue weighted by molar-refractivity contribution is 6.04. The van der Waals surface area contributed by atoms with Gasteiger partial charge in [-0.3, -0.25) is 4.98 Å². The third-order valence-electron chi connectivity index (χ3n) is 2.50. The van der Waals surface area contributed by atoms with Crippen molar-refractivity contribution >= 4 is 11.9 Å². The van der Waals surface area contributed by atoms with Crippen LogP contribution in [0, 0.1) is 0 Å². The minimum Gasteiger partial charge on any atom is -0.463 e. The van der Waals surface area contributed by atoms with Crippen LogP contribution in [-0.2, 0) is 29.4 Å². The molecule has 0 amide bonds. The molecular formula is C13H17NO5. The fourth-order valence-corrected chi connectivity index (χ4v) is 1.64. The Labute approximate surface area is 111 Å². The van der Waals surface area contributed by atoms with Crippen molar-refractivity contribution in [3.8, 4) is 0 Å². The first-order valence-corrected chi connectivity index (χ1v) is 5.93. The van der Waals surface area contributed by atoms with Gasteiger partial charge in [0.25, 0.3) is 5.60 Å². The third kappa shape index (κ3) is 2.90. The van der Waals surface area contributed by atoms with Crippen molar-refractivity contribution < 1.29 is 23.8 Å². The molecule has 0 aliphatic rings. The third-order valence-corrected chi connectivity index (χ3v) is 2.50. The Morgan fingerprint density at radius 1 is 1.21 bits per heavy atom. The number of hydrogen-bond acceptors (Lipinski definition) is 6. The summed E-state index contributed by atoms with van der Waals surface area (Å²) in [5, 5.41) is 0. The van der Waals surface area contributed by atoms with Crippen LogP contribution in [0.2, 0.25) is 0 Å². The molecule has 0 radical (unpaired) electrons. The lowest BCUT2D eigenvalue weighted by molar-refractivity contribution is -0.189. The zero-order valence-corrected chi connectivity index (χ0v) is 11.2. The van der Waals surface area contributed by atoms with Crippen molar-refractivity contribution in [2.24, 2.45) is 0 Å². The fourth-order valence-electron chi connectivity index (χ4n) is 1.64. The van der Waals surface area contributed by atoms with Crippen LogP contribution in [0.3, 0.4) is 0 Å². The number of carbonyl (C=O) groups excluding carboxylic acids is 2. The Kier molecular flexibility index (Phi) is 5.44. The average Bonchev–Trinajstić information content (AvgIpc) is 2.42. The minimum absolute atomic E-state index is 0.129. The summed E-state index contributed by atoms with van der Waals surface area (Å²) in [7, 11) is 1.25. The Hall–Kier alpha value is -1.95.